The number of carbonyl (C=O) groups excluding carboxylic acids is 2. The second-order valence-electron chi connectivity index (χ2n) is 6.27. The highest BCUT2D eigenvalue weighted by Crippen LogP contribution is 2.27. The second-order valence-corrected chi connectivity index (χ2v) is 6.27. The Bertz CT molecular complexity index is 788. The maximum atomic E-state index is 12.6. The maximum Gasteiger partial charge on any atom is 0.330 e. The van der Waals surface area contributed by atoms with Crippen molar-refractivity contribution >= 4 is 11.9 Å². The third kappa shape index (κ3) is 4.83. The van der Waals surface area contributed by atoms with Gasteiger partial charge in [-0.15, -0.1) is 0 Å². The Morgan fingerprint density at radius 1 is 1.04 bits per heavy atom. The van der Waals surface area contributed by atoms with Crippen molar-refractivity contribution in [3.05, 3.63) is 83.9 Å². The minimum Gasteiger partial charge on any atom is -0.463 e. The molecule has 0 saturated carbocycles. The SMILES string of the molecule is CCOC(=O)/C=C/[C@H]1[C@@H](OCc2ccccc2)C(=O)N1Cc1ccccc1. The predicted molar refractivity (Wildman–Crippen MR) is 102 cm³/mol. The van der Waals surface area contributed by atoms with Crippen LogP contribution in [0.4, 0.5) is 0 Å². The van der Waals surface area contributed by atoms with Crippen LogP contribution in [-0.2, 0) is 32.2 Å². The van der Waals surface area contributed by atoms with E-state index in [0.717, 1.165) is 11.1 Å². The van der Waals surface area contributed by atoms with Crippen LogP contribution in [0.3, 0.4) is 0 Å². The zero-order chi connectivity index (χ0) is 19.1. The van der Waals surface area contributed by atoms with Gasteiger partial charge in [-0.1, -0.05) is 66.7 Å². The Morgan fingerprint density at radius 3 is 2.30 bits per heavy atom. The Hall–Kier alpha value is -2.92. The Labute approximate surface area is 159 Å². The average Bonchev–Trinajstić information content (AvgIpc) is 2.70. The van der Waals surface area contributed by atoms with Crippen molar-refractivity contribution in [3.8, 4) is 0 Å². The highest BCUT2D eigenvalue weighted by molar-refractivity contribution is 5.90. The lowest BCUT2D eigenvalue weighted by Crippen LogP contribution is -2.64. The lowest BCUT2D eigenvalue weighted by Gasteiger charge is -2.45. The summed E-state index contributed by atoms with van der Waals surface area (Å²) in [5.41, 5.74) is 2.03. The summed E-state index contributed by atoms with van der Waals surface area (Å²) >= 11 is 0. The Morgan fingerprint density at radius 2 is 1.67 bits per heavy atom. The summed E-state index contributed by atoms with van der Waals surface area (Å²) in [4.78, 5) is 26.0. The number of β-lactam (4-membered cyclic amide) rings is 1. The number of carbonyl (C=O) groups is 2. The van der Waals surface area contributed by atoms with E-state index < -0.39 is 12.1 Å². The largest absolute Gasteiger partial charge is 0.463 e. The summed E-state index contributed by atoms with van der Waals surface area (Å²) in [6.45, 7) is 2.89. The molecule has 27 heavy (non-hydrogen) atoms. The summed E-state index contributed by atoms with van der Waals surface area (Å²) < 4.78 is 10.8. The summed E-state index contributed by atoms with van der Waals surface area (Å²) in [5.74, 6) is -0.494. The number of hydrogen-bond acceptors (Lipinski definition) is 4. The smallest absolute Gasteiger partial charge is 0.330 e. The first-order valence-corrected chi connectivity index (χ1v) is 9.04. The third-order valence-electron chi connectivity index (χ3n) is 4.38. The molecule has 0 spiro atoms. The molecule has 1 fully saturated rings. The molecular weight excluding hydrogens is 342 g/mol. The van der Waals surface area contributed by atoms with E-state index in [2.05, 4.69) is 0 Å². The number of benzene rings is 2. The summed E-state index contributed by atoms with van der Waals surface area (Å²) in [5, 5.41) is 0. The average molecular weight is 365 g/mol. The fourth-order valence-corrected chi connectivity index (χ4v) is 3.00. The van der Waals surface area contributed by atoms with Gasteiger partial charge in [0.15, 0.2) is 6.10 Å². The lowest BCUT2D eigenvalue weighted by atomic mass is 9.96. The van der Waals surface area contributed by atoms with Gasteiger partial charge in [-0.25, -0.2) is 4.79 Å². The number of nitrogens with zero attached hydrogens (tertiary/aromatic N) is 1. The Kier molecular flexibility index (Phi) is 6.39. The molecule has 140 valence electrons. The van der Waals surface area contributed by atoms with Gasteiger partial charge in [-0.3, -0.25) is 4.79 Å². The van der Waals surface area contributed by atoms with Crippen LogP contribution in [0, 0.1) is 0 Å². The maximum absolute atomic E-state index is 12.6. The molecular formula is C22H23NO4. The first-order chi connectivity index (χ1) is 13.2. The molecule has 0 N–H and O–H groups in total. The van der Waals surface area contributed by atoms with E-state index in [1.54, 1.807) is 17.9 Å². The van der Waals surface area contributed by atoms with E-state index in [1.807, 2.05) is 60.7 Å². The van der Waals surface area contributed by atoms with Crippen LogP contribution >= 0.6 is 0 Å². The Balaban J connectivity index is 1.69. The molecule has 1 aliphatic heterocycles. The molecule has 0 unspecified atom stereocenters. The zero-order valence-electron chi connectivity index (χ0n) is 15.3. The highest BCUT2D eigenvalue weighted by atomic mass is 16.5. The fourth-order valence-electron chi connectivity index (χ4n) is 3.00. The molecule has 5 nitrogen and oxygen atoms in total. The van der Waals surface area contributed by atoms with E-state index in [4.69, 9.17) is 9.47 Å². The van der Waals surface area contributed by atoms with Crippen molar-refractivity contribution in [1.82, 2.24) is 4.90 Å². The van der Waals surface area contributed by atoms with E-state index in [1.165, 1.54) is 6.08 Å². The standard InChI is InChI=1S/C22H23NO4/c1-2-26-20(24)14-13-19-21(27-16-18-11-7-4-8-12-18)22(25)23(19)15-17-9-5-3-6-10-17/h3-14,19,21H,2,15-16H2,1H3/b14-13+/t19-,21+/m0/s1. The van der Waals surface area contributed by atoms with Crippen LogP contribution < -0.4 is 0 Å². The molecule has 0 bridgehead atoms. The van der Waals surface area contributed by atoms with Gasteiger partial charge in [0.25, 0.3) is 5.91 Å². The van der Waals surface area contributed by atoms with Crippen LogP contribution in [0.5, 0.6) is 0 Å². The molecule has 5 heteroatoms. The molecule has 0 radical (unpaired) electrons. The molecule has 3 rings (SSSR count). The van der Waals surface area contributed by atoms with Crippen molar-refractivity contribution < 1.29 is 19.1 Å². The number of likely N-dealkylation sites (tertiary alicyclic amines) is 1. The lowest BCUT2D eigenvalue weighted by molar-refractivity contribution is -0.172. The van der Waals surface area contributed by atoms with E-state index in [9.17, 15) is 9.59 Å². The highest BCUT2D eigenvalue weighted by Gasteiger charge is 2.46. The van der Waals surface area contributed by atoms with Gasteiger partial charge in [0.1, 0.15) is 0 Å². The van der Waals surface area contributed by atoms with E-state index >= 15 is 0 Å². The van der Waals surface area contributed by atoms with Gasteiger partial charge >= 0.3 is 5.97 Å². The van der Waals surface area contributed by atoms with Gasteiger partial charge in [0.05, 0.1) is 19.3 Å². The summed E-state index contributed by atoms with van der Waals surface area (Å²) in [6, 6.07) is 19.2. The van der Waals surface area contributed by atoms with Crippen LogP contribution in [0.1, 0.15) is 18.1 Å². The molecule has 1 heterocycles. The van der Waals surface area contributed by atoms with Crippen LogP contribution in [0.15, 0.2) is 72.8 Å². The van der Waals surface area contributed by atoms with E-state index in [0.29, 0.717) is 19.8 Å². The van der Waals surface area contributed by atoms with E-state index in [-0.39, 0.29) is 11.9 Å². The molecule has 1 saturated heterocycles. The number of rotatable bonds is 8. The fraction of sp³-hybridized carbons (Fsp3) is 0.273. The van der Waals surface area contributed by atoms with Crippen molar-refractivity contribution in [2.75, 3.05) is 6.61 Å². The van der Waals surface area contributed by atoms with Crippen molar-refractivity contribution in [2.45, 2.75) is 32.2 Å². The molecule has 2 aromatic carbocycles. The summed E-state index contributed by atoms with van der Waals surface area (Å²) in [7, 11) is 0. The van der Waals surface area contributed by atoms with Crippen LogP contribution in [0.25, 0.3) is 0 Å². The second kappa shape index (κ2) is 9.14. The first-order valence-electron chi connectivity index (χ1n) is 9.04. The monoisotopic (exact) mass is 365 g/mol. The number of ether oxygens (including phenoxy) is 2. The predicted octanol–water partition coefficient (Wildman–Crippen LogP) is 3.10. The quantitative estimate of drug-likeness (QED) is 0.410. The molecule has 1 aliphatic rings. The third-order valence-corrected chi connectivity index (χ3v) is 4.38. The minimum absolute atomic E-state index is 0.0757. The van der Waals surface area contributed by atoms with Crippen molar-refractivity contribution in [1.29, 1.82) is 0 Å². The van der Waals surface area contributed by atoms with Gasteiger partial charge in [-0.2, -0.15) is 0 Å². The van der Waals surface area contributed by atoms with Gasteiger partial charge in [0, 0.05) is 12.6 Å². The van der Waals surface area contributed by atoms with Crippen LogP contribution in [-0.4, -0.2) is 35.5 Å². The minimum atomic E-state index is -0.598. The number of esters is 1. The van der Waals surface area contributed by atoms with Crippen molar-refractivity contribution in [3.63, 3.8) is 0 Å². The molecule has 2 aromatic rings. The molecule has 1 amide bonds. The molecule has 0 aliphatic carbocycles. The zero-order valence-corrected chi connectivity index (χ0v) is 15.3. The topological polar surface area (TPSA) is 55.8 Å². The first kappa shape index (κ1) is 18.9. The van der Waals surface area contributed by atoms with Gasteiger partial charge in [0.2, 0.25) is 0 Å². The molecule has 0 aromatic heterocycles. The van der Waals surface area contributed by atoms with Crippen LogP contribution in [0.2, 0.25) is 0 Å². The van der Waals surface area contributed by atoms with Gasteiger partial charge < -0.3 is 14.4 Å². The van der Waals surface area contributed by atoms with Gasteiger partial charge in [-0.05, 0) is 18.1 Å². The molecule has 2 atom stereocenters. The normalized spacial score (nSPS) is 19.1. The van der Waals surface area contributed by atoms with Crippen molar-refractivity contribution in [2.24, 2.45) is 0 Å². The number of hydrogen-bond donors (Lipinski definition) is 0. The number of amides is 1. The summed E-state index contributed by atoms with van der Waals surface area (Å²) in [6.07, 6.45) is 2.47.